The van der Waals surface area contributed by atoms with E-state index in [9.17, 15) is 14.4 Å². The smallest absolute Gasteiger partial charge is 0.243 e. The molecule has 4 rings (SSSR count). The number of hydrogen-bond donors (Lipinski definition) is 2. The standard InChI is InChI=1S/C28H36N4O4/c33-26(29-36)12-2-1-7-15-30(20-27(34)31-16-13-22-8-3-5-10-24(22)18-31)21-28(35)32-17-14-23-9-4-6-11-25(23)19-32/h3-6,8-11,36H,1-2,7,12-21H2,(H,29,33). The van der Waals surface area contributed by atoms with Crippen molar-refractivity contribution in [2.45, 2.75) is 51.6 Å². The van der Waals surface area contributed by atoms with Gasteiger partial charge in [0.15, 0.2) is 0 Å². The van der Waals surface area contributed by atoms with Crippen LogP contribution in [0.5, 0.6) is 0 Å². The molecular formula is C28H36N4O4. The number of unbranched alkanes of at least 4 members (excludes halogenated alkanes) is 2. The fourth-order valence-corrected chi connectivity index (χ4v) is 5.07. The minimum absolute atomic E-state index is 0.0425. The second-order valence-electron chi connectivity index (χ2n) is 9.72. The summed E-state index contributed by atoms with van der Waals surface area (Å²) in [5, 5.41) is 8.66. The second kappa shape index (κ2) is 12.6. The van der Waals surface area contributed by atoms with Gasteiger partial charge in [-0.1, -0.05) is 55.0 Å². The van der Waals surface area contributed by atoms with E-state index < -0.39 is 5.91 Å². The van der Waals surface area contributed by atoms with E-state index in [0.717, 1.165) is 25.7 Å². The van der Waals surface area contributed by atoms with Gasteiger partial charge < -0.3 is 9.80 Å². The molecule has 0 aliphatic carbocycles. The summed E-state index contributed by atoms with van der Waals surface area (Å²) in [5.41, 5.74) is 6.63. The predicted octanol–water partition coefficient (Wildman–Crippen LogP) is 2.52. The first-order valence-electron chi connectivity index (χ1n) is 12.9. The van der Waals surface area contributed by atoms with Crippen molar-refractivity contribution in [2.75, 3.05) is 32.7 Å². The van der Waals surface area contributed by atoms with Crippen molar-refractivity contribution >= 4 is 17.7 Å². The molecule has 36 heavy (non-hydrogen) atoms. The van der Waals surface area contributed by atoms with Gasteiger partial charge in [0.25, 0.3) is 0 Å². The van der Waals surface area contributed by atoms with Crippen LogP contribution in [0.15, 0.2) is 48.5 Å². The SMILES string of the molecule is O=C(CCCCCN(CC(=O)N1CCc2ccccc2C1)CC(=O)N1CCc2ccccc2C1)NO. The van der Waals surface area contributed by atoms with E-state index >= 15 is 0 Å². The number of benzene rings is 2. The molecule has 0 spiro atoms. The van der Waals surface area contributed by atoms with Crippen LogP contribution in [0, 0.1) is 0 Å². The summed E-state index contributed by atoms with van der Waals surface area (Å²) in [6.07, 6.45) is 4.15. The van der Waals surface area contributed by atoms with E-state index in [-0.39, 0.29) is 31.3 Å². The molecule has 2 aromatic rings. The van der Waals surface area contributed by atoms with E-state index in [2.05, 4.69) is 24.3 Å². The molecule has 0 saturated carbocycles. The number of rotatable bonds is 10. The summed E-state index contributed by atoms with van der Waals surface area (Å²) >= 11 is 0. The Balaban J connectivity index is 1.35. The maximum Gasteiger partial charge on any atom is 0.243 e. The molecule has 0 atom stereocenters. The molecule has 2 N–H and O–H groups in total. The molecular weight excluding hydrogens is 456 g/mol. The highest BCUT2D eigenvalue weighted by atomic mass is 16.5. The highest BCUT2D eigenvalue weighted by molar-refractivity contribution is 5.81. The quantitative estimate of drug-likeness (QED) is 0.302. The molecule has 2 aromatic carbocycles. The van der Waals surface area contributed by atoms with E-state index in [4.69, 9.17) is 5.21 Å². The van der Waals surface area contributed by atoms with Crippen LogP contribution in [-0.2, 0) is 40.3 Å². The van der Waals surface area contributed by atoms with Crippen molar-refractivity contribution in [1.29, 1.82) is 0 Å². The molecule has 0 unspecified atom stereocenters. The minimum atomic E-state index is -0.395. The molecule has 0 fully saturated rings. The molecule has 8 heteroatoms. The van der Waals surface area contributed by atoms with Gasteiger partial charge in [-0.15, -0.1) is 0 Å². The van der Waals surface area contributed by atoms with E-state index in [1.54, 1.807) is 5.48 Å². The summed E-state index contributed by atoms with van der Waals surface area (Å²) in [6, 6.07) is 16.5. The third-order valence-corrected chi connectivity index (χ3v) is 7.19. The van der Waals surface area contributed by atoms with Crippen LogP contribution in [0.2, 0.25) is 0 Å². The van der Waals surface area contributed by atoms with E-state index in [1.165, 1.54) is 22.3 Å². The van der Waals surface area contributed by atoms with Gasteiger partial charge in [0, 0.05) is 32.6 Å². The summed E-state index contributed by atoms with van der Waals surface area (Å²) in [7, 11) is 0. The number of amides is 3. The zero-order valence-electron chi connectivity index (χ0n) is 20.8. The highest BCUT2D eigenvalue weighted by Crippen LogP contribution is 2.20. The number of nitrogens with zero attached hydrogens (tertiary/aromatic N) is 3. The number of carbonyl (C=O) groups excluding carboxylic acids is 3. The molecule has 192 valence electrons. The van der Waals surface area contributed by atoms with Crippen LogP contribution in [0.1, 0.15) is 47.9 Å². The van der Waals surface area contributed by atoms with E-state index in [1.807, 2.05) is 39.0 Å². The van der Waals surface area contributed by atoms with Crippen molar-refractivity contribution in [3.63, 3.8) is 0 Å². The van der Waals surface area contributed by atoms with Gasteiger partial charge in [-0.2, -0.15) is 0 Å². The molecule has 8 nitrogen and oxygen atoms in total. The Hall–Kier alpha value is -3.23. The van der Waals surface area contributed by atoms with Crippen LogP contribution in [0.4, 0.5) is 0 Å². The Morgan fingerprint density at radius 3 is 1.75 bits per heavy atom. The lowest BCUT2D eigenvalue weighted by Gasteiger charge is -2.33. The van der Waals surface area contributed by atoms with Gasteiger partial charge in [-0.25, -0.2) is 5.48 Å². The largest absolute Gasteiger partial charge is 0.337 e. The lowest BCUT2D eigenvalue weighted by atomic mass is 10.00. The molecule has 3 amide bonds. The lowest BCUT2D eigenvalue weighted by molar-refractivity contribution is -0.136. The normalized spacial score (nSPS) is 14.8. The molecule has 2 heterocycles. The Labute approximate surface area is 212 Å². The number of hydroxylamine groups is 1. The monoisotopic (exact) mass is 492 g/mol. The first-order chi connectivity index (χ1) is 17.5. The Morgan fingerprint density at radius 1 is 0.750 bits per heavy atom. The fourth-order valence-electron chi connectivity index (χ4n) is 5.07. The third-order valence-electron chi connectivity index (χ3n) is 7.19. The van der Waals surface area contributed by atoms with Gasteiger partial charge >= 0.3 is 0 Å². The predicted molar refractivity (Wildman–Crippen MR) is 136 cm³/mol. The van der Waals surface area contributed by atoms with Crippen LogP contribution in [0.3, 0.4) is 0 Å². The summed E-state index contributed by atoms with van der Waals surface area (Å²) < 4.78 is 0. The maximum atomic E-state index is 13.2. The zero-order valence-corrected chi connectivity index (χ0v) is 20.8. The van der Waals surface area contributed by atoms with E-state index in [0.29, 0.717) is 39.1 Å². The van der Waals surface area contributed by atoms with Gasteiger partial charge in [0.1, 0.15) is 0 Å². The zero-order chi connectivity index (χ0) is 25.3. The topological polar surface area (TPSA) is 93.2 Å². The average Bonchev–Trinajstić information content (AvgIpc) is 2.91. The van der Waals surface area contributed by atoms with Crippen LogP contribution in [-0.4, -0.2) is 70.4 Å². The number of nitrogens with one attached hydrogen (secondary N) is 1. The van der Waals surface area contributed by atoms with Gasteiger partial charge in [0.2, 0.25) is 17.7 Å². The molecule has 0 aromatic heterocycles. The van der Waals surface area contributed by atoms with Crippen molar-refractivity contribution in [1.82, 2.24) is 20.2 Å². The number of carbonyl (C=O) groups is 3. The average molecular weight is 493 g/mol. The summed E-state index contributed by atoms with van der Waals surface area (Å²) in [4.78, 5) is 43.5. The minimum Gasteiger partial charge on any atom is -0.337 e. The van der Waals surface area contributed by atoms with Gasteiger partial charge in [0.05, 0.1) is 13.1 Å². The Kier molecular flexibility index (Phi) is 9.08. The molecule has 2 aliphatic heterocycles. The first-order valence-corrected chi connectivity index (χ1v) is 12.9. The van der Waals surface area contributed by atoms with Crippen molar-refractivity contribution in [2.24, 2.45) is 0 Å². The molecule has 0 radical (unpaired) electrons. The number of hydrogen-bond acceptors (Lipinski definition) is 5. The number of fused-ring (bicyclic) bond motifs is 2. The lowest BCUT2D eigenvalue weighted by Crippen LogP contribution is -2.47. The first kappa shape index (κ1) is 25.9. The fraction of sp³-hybridized carbons (Fsp3) is 0.464. The van der Waals surface area contributed by atoms with Crippen molar-refractivity contribution < 1.29 is 19.6 Å². The van der Waals surface area contributed by atoms with Crippen LogP contribution < -0.4 is 5.48 Å². The highest BCUT2D eigenvalue weighted by Gasteiger charge is 2.26. The van der Waals surface area contributed by atoms with Crippen molar-refractivity contribution in [3.05, 3.63) is 70.8 Å². The molecule has 2 aliphatic rings. The Morgan fingerprint density at radius 2 is 1.25 bits per heavy atom. The molecule has 0 saturated heterocycles. The van der Waals surface area contributed by atoms with Gasteiger partial charge in [-0.05, 0) is 54.5 Å². The summed E-state index contributed by atoms with van der Waals surface area (Å²) in [5.74, 6) is -0.310. The van der Waals surface area contributed by atoms with Crippen LogP contribution >= 0.6 is 0 Å². The Bertz CT molecular complexity index is 1000. The second-order valence-corrected chi connectivity index (χ2v) is 9.72. The molecule has 0 bridgehead atoms. The summed E-state index contributed by atoms with van der Waals surface area (Å²) in [6.45, 7) is 3.61. The van der Waals surface area contributed by atoms with Crippen LogP contribution in [0.25, 0.3) is 0 Å². The third kappa shape index (κ3) is 6.92. The van der Waals surface area contributed by atoms with Gasteiger partial charge in [-0.3, -0.25) is 24.5 Å². The maximum absolute atomic E-state index is 13.2. The van der Waals surface area contributed by atoms with Crippen molar-refractivity contribution in [3.8, 4) is 0 Å².